The Morgan fingerprint density at radius 1 is 1.23 bits per heavy atom. The van der Waals surface area contributed by atoms with Gasteiger partial charge in [0.2, 0.25) is 6.41 Å². The van der Waals surface area contributed by atoms with Gasteiger partial charge in [-0.1, -0.05) is 23.7 Å². The molecule has 4 aromatic rings. The summed E-state index contributed by atoms with van der Waals surface area (Å²) in [6, 6.07) is 13.7. The molecule has 0 fully saturated rings. The predicted octanol–water partition coefficient (Wildman–Crippen LogP) is 4.20. The highest BCUT2D eigenvalue weighted by molar-refractivity contribution is 6.31. The maximum absolute atomic E-state index is 11.8. The van der Waals surface area contributed by atoms with E-state index in [1.54, 1.807) is 12.5 Å². The van der Waals surface area contributed by atoms with Gasteiger partial charge in [0.1, 0.15) is 12.4 Å². The van der Waals surface area contributed by atoms with Crippen molar-refractivity contribution in [3.8, 4) is 5.75 Å². The Kier molecular flexibility index (Phi) is 4.93. The number of hydrogen-bond acceptors (Lipinski definition) is 3. The molecule has 0 saturated carbocycles. The Balaban J connectivity index is 1.41. The monoisotopic (exact) mass is 420 g/mol. The van der Waals surface area contributed by atoms with E-state index in [9.17, 15) is 4.79 Å². The first-order chi connectivity index (χ1) is 14.7. The smallest absolute Gasteiger partial charge is 0.210 e. The second-order valence-corrected chi connectivity index (χ2v) is 7.86. The number of nitrogens with one attached hydrogen (secondary N) is 1. The summed E-state index contributed by atoms with van der Waals surface area (Å²) in [4.78, 5) is 21.2. The van der Waals surface area contributed by atoms with Crippen molar-refractivity contribution in [3.63, 3.8) is 0 Å². The summed E-state index contributed by atoms with van der Waals surface area (Å²) in [5.74, 6) is 0.802. The van der Waals surface area contributed by atoms with E-state index < -0.39 is 0 Å². The minimum Gasteiger partial charge on any atom is -0.492 e. The lowest BCUT2D eigenvalue weighted by Crippen LogP contribution is -2.34. The van der Waals surface area contributed by atoms with Crippen molar-refractivity contribution in [1.29, 1.82) is 0 Å². The molecule has 0 aliphatic carbocycles. The molecule has 2 aromatic carbocycles. The quantitative estimate of drug-likeness (QED) is 0.475. The third-order valence-electron chi connectivity index (χ3n) is 5.63. The molecule has 30 heavy (non-hydrogen) atoms. The zero-order chi connectivity index (χ0) is 20.5. The topological polar surface area (TPSA) is 63.1 Å². The van der Waals surface area contributed by atoms with Crippen LogP contribution in [0.15, 0.2) is 61.2 Å². The van der Waals surface area contributed by atoms with Gasteiger partial charge in [-0.2, -0.15) is 0 Å². The fraction of sp³-hybridized carbons (Fsp3) is 0.217. The van der Waals surface area contributed by atoms with Gasteiger partial charge >= 0.3 is 0 Å². The van der Waals surface area contributed by atoms with Crippen molar-refractivity contribution in [3.05, 3.63) is 83.0 Å². The van der Waals surface area contributed by atoms with E-state index in [0.717, 1.165) is 52.3 Å². The lowest BCUT2D eigenvalue weighted by atomic mass is 9.93. The van der Waals surface area contributed by atoms with Crippen molar-refractivity contribution in [2.45, 2.75) is 19.0 Å². The Bertz CT molecular complexity index is 1170. The van der Waals surface area contributed by atoms with Crippen LogP contribution in [0.1, 0.15) is 22.9 Å². The van der Waals surface area contributed by atoms with Crippen LogP contribution in [0.5, 0.6) is 5.75 Å². The summed E-state index contributed by atoms with van der Waals surface area (Å²) >= 11 is 6.22. The zero-order valence-corrected chi connectivity index (χ0v) is 17.0. The average molecular weight is 421 g/mol. The van der Waals surface area contributed by atoms with Gasteiger partial charge in [-0.05, 0) is 47.9 Å². The van der Waals surface area contributed by atoms with E-state index in [1.165, 1.54) is 5.56 Å². The van der Waals surface area contributed by atoms with E-state index in [0.29, 0.717) is 13.2 Å². The molecule has 152 valence electrons. The van der Waals surface area contributed by atoms with Crippen LogP contribution in [-0.2, 0) is 17.8 Å². The van der Waals surface area contributed by atoms with Gasteiger partial charge in [-0.25, -0.2) is 4.98 Å². The molecular formula is C23H21ClN4O2. The summed E-state index contributed by atoms with van der Waals surface area (Å²) < 4.78 is 7.83. The van der Waals surface area contributed by atoms with E-state index >= 15 is 0 Å². The highest BCUT2D eigenvalue weighted by atomic mass is 35.5. The molecule has 1 unspecified atom stereocenters. The lowest BCUT2D eigenvalue weighted by Gasteiger charge is -2.33. The molecule has 1 aliphatic rings. The third-order valence-corrected chi connectivity index (χ3v) is 5.87. The number of benzene rings is 2. The van der Waals surface area contributed by atoms with Crippen molar-refractivity contribution < 1.29 is 9.53 Å². The number of H-pyrrole nitrogens is 1. The molecule has 0 bridgehead atoms. The molecule has 1 atom stereocenters. The number of nitrogens with zero attached hydrogens (tertiary/aromatic N) is 3. The predicted molar refractivity (Wildman–Crippen MR) is 116 cm³/mol. The Morgan fingerprint density at radius 2 is 2.10 bits per heavy atom. The van der Waals surface area contributed by atoms with Crippen LogP contribution in [0.2, 0.25) is 5.02 Å². The fourth-order valence-corrected chi connectivity index (χ4v) is 4.36. The number of halogens is 1. The summed E-state index contributed by atoms with van der Waals surface area (Å²) in [5.41, 5.74) is 4.37. The van der Waals surface area contributed by atoms with E-state index in [1.807, 2.05) is 58.1 Å². The molecule has 5 rings (SSSR count). The zero-order valence-electron chi connectivity index (χ0n) is 16.3. The van der Waals surface area contributed by atoms with Crippen LogP contribution in [-0.4, -0.2) is 39.0 Å². The van der Waals surface area contributed by atoms with Gasteiger partial charge in [-0.15, -0.1) is 0 Å². The standard InChI is InChI=1S/C23H21ClN4O2/c24-17-3-6-21-20(13-17)19-7-9-28(15-29)23(22(19)26-21)16-1-4-18(5-2-16)30-12-11-27-10-8-25-14-27/h1-6,8,10,13-15,23,26H,7,9,11-12H2. The number of hydrogen-bond donors (Lipinski definition) is 1. The number of aromatic amines is 1. The third kappa shape index (κ3) is 3.44. The van der Waals surface area contributed by atoms with Crippen molar-refractivity contribution in [2.75, 3.05) is 13.2 Å². The second-order valence-electron chi connectivity index (χ2n) is 7.42. The molecule has 0 spiro atoms. The number of carbonyl (C=O) groups excluding carboxylic acids is 1. The Labute approximate surface area is 179 Å². The molecular weight excluding hydrogens is 400 g/mol. The van der Waals surface area contributed by atoms with Crippen LogP contribution in [0.3, 0.4) is 0 Å². The summed E-state index contributed by atoms with van der Waals surface area (Å²) in [6.45, 7) is 1.97. The number of aromatic nitrogens is 3. The van der Waals surface area contributed by atoms with Gasteiger partial charge in [-0.3, -0.25) is 4.79 Å². The number of amides is 1. The lowest BCUT2D eigenvalue weighted by molar-refractivity contribution is -0.120. The fourth-order valence-electron chi connectivity index (χ4n) is 4.19. The molecule has 0 saturated heterocycles. The van der Waals surface area contributed by atoms with Gasteiger partial charge in [0, 0.05) is 40.6 Å². The first-order valence-corrected chi connectivity index (χ1v) is 10.3. The van der Waals surface area contributed by atoms with Crippen LogP contribution in [0.4, 0.5) is 0 Å². The Morgan fingerprint density at radius 3 is 2.87 bits per heavy atom. The number of carbonyl (C=O) groups is 1. The van der Waals surface area contributed by atoms with Crippen molar-refractivity contribution >= 4 is 28.9 Å². The van der Waals surface area contributed by atoms with Crippen LogP contribution >= 0.6 is 11.6 Å². The molecule has 7 heteroatoms. The highest BCUT2D eigenvalue weighted by Crippen LogP contribution is 2.38. The minimum atomic E-state index is -0.155. The molecule has 1 N–H and O–H groups in total. The van der Waals surface area contributed by atoms with Crippen molar-refractivity contribution in [1.82, 2.24) is 19.4 Å². The minimum absolute atomic E-state index is 0.155. The van der Waals surface area contributed by atoms with E-state index in [4.69, 9.17) is 16.3 Å². The highest BCUT2D eigenvalue weighted by Gasteiger charge is 2.31. The second kappa shape index (κ2) is 7.88. The summed E-state index contributed by atoms with van der Waals surface area (Å²) in [5, 5.41) is 1.85. The number of ether oxygens (including phenoxy) is 1. The summed E-state index contributed by atoms with van der Waals surface area (Å²) in [7, 11) is 0. The van der Waals surface area contributed by atoms with Crippen LogP contribution in [0, 0.1) is 0 Å². The maximum atomic E-state index is 11.8. The van der Waals surface area contributed by atoms with Gasteiger partial charge in [0.05, 0.1) is 18.9 Å². The van der Waals surface area contributed by atoms with Crippen molar-refractivity contribution in [2.24, 2.45) is 0 Å². The van der Waals surface area contributed by atoms with Gasteiger partial charge in [0.15, 0.2) is 0 Å². The molecule has 6 nitrogen and oxygen atoms in total. The molecule has 1 amide bonds. The maximum Gasteiger partial charge on any atom is 0.210 e. The van der Waals surface area contributed by atoms with E-state index in [-0.39, 0.29) is 6.04 Å². The number of imidazole rings is 1. The largest absolute Gasteiger partial charge is 0.492 e. The molecule has 2 aromatic heterocycles. The van der Waals surface area contributed by atoms with Gasteiger partial charge < -0.3 is 19.2 Å². The first kappa shape index (κ1) is 18.8. The average Bonchev–Trinajstić information content (AvgIpc) is 3.41. The Hall–Kier alpha value is -3.25. The molecule has 3 heterocycles. The molecule has 1 aliphatic heterocycles. The number of fused-ring (bicyclic) bond motifs is 3. The van der Waals surface area contributed by atoms with Crippen LogP contribution < -0.4 is 4.74 Å². The number of rotatable bonds is 6. The molecule has 0 radical (unpaired) electrons. The first-order valence-electron chi connectivity index (χ1n) is 9.92. The normalized spacial score (nSPS) is 15.9. The van der Waals surface area contributed by atoms with E-state index in [2.05, 4.69) is 9.97 Å². The SMILES string of the molecule is O=CN1CCc2c([nH]c3ccc(Cl)cc23)C1c1ccc(OCCn2ccnc2)cc1. The summed E-state index contributed by atoms with van der Waals surface area (Å²) in [6.07, 6.45) is 7.18. The van der Waals surface area contributed by atoms with Crippen LogP contribution in [0.25, 0.3) is 10.9 Å². The van der Waals surface area contributed by atoms with Gasteiger partial charge in [0.25, 0.3) is 0 Å².